The molecule has 1 fully saturated rings. The largest absolute Gasteiger partial charge is 0.328 e. The van der Waals surface area contributed by atoms with Gasteiger partial charge in [-0.15, -0.1) is 0 Å². The number of fused-ring (bicyclic) bond motifs is 1. The molecule has 1 amide bonds. The van der Waals surface area contributed by atoms with Crippen molar-refractivity contribution in [2.75, 3.05) is 18.4 Å². The first-order chi connectivity index (χ1) is 16.2. The smallest absolute Gasteiger partial charge is 0.243 e. The number of anilines is 1. The number of hydrogen-bond donors (Lipinski definition) is 1. The first-order valence-electron chi connectivity index (χ1n) is 11.1. The van der Waals surface area contributed by atoms with Crippen molar-refractivity contribution in [2.45, 2.75) is 50.5 Å². The van der Waals surface area contributed by atoms with E-state index in [0.29, 0.717) is 43.1 Å². The molecule has 1 aliphatic rings. The van der Waals surface area contributed by atoms with Crippen LogP contribution in [0.5, 0.6) is 0 Å². The zero-order valence-electron chi connectivity index (χ0n) is 18.7. The normalized spacial score (nSPS) is 14.7. The maximum Gasteiger partial charge on any atom is 0.243 e. The third-order valence-corrected chi connectivity index (χ3v) is 7.70. The van der Waals surface area contributed by atoms with Gasteiger partial charge in [-0.3, -0.25) is 4.79 Å². The molecule has 1 saturated heterocycles. The van der Waals surface area contributed by atoms with E-state index in [2.05, 4.69) is 10.3 Å². The molecule has 2 heterocycles. The zero-order chi connectivity index (χ0) is 24.5. The van der Waals surface area contributed by atoms with Gasteiger partial charge in [0.2, 0.25) is 15.9 Å². The van der Waals surface area contributed by atoms with Crippen LogP contribution in [0.4, 0.5) is 18.9 Å². The molecular weight excluding hydrogens is 469 g/mol. The number of hydrogen-bond acceptors (Lipinski definition) is 4. The molecule has 2 aromatic carbocycles. The second-order valence-corrected chi connectivity index (χ2v) is 10.2. The van der Waals surface area contributed by atoms with Crippen LogP contribution in [0.2, 0.25) is 0 Å². The van der Waals surface area contributed by atoms with E-state index in [1.807, 2.05) is 11.5 Å². The molecule has 1 N–H and O–H groups in total. The molecule has 0 radical (unpaired) electrons. The molecule has 0 unspecified atom stereocenters. The van der Waals surface area contributed by atoms with Crippen molar-refractivity contribution in [2.24, 2.45) is 0 Å². The monoisotopic (exact) mass is 494 g/mol. The maximum absolute atomic E-state index is 13.8. The van der Waals surface area contributed by atoms with Gasteiger partial charge in [-0.25, -0.2) is 26.6 Å². The maximum atomic E-state index is 13.8. The Morgan fingerprint density at radius 3 is 2.47 bits per heavy atom. The predicted molar refractivity (Wildman–Crippen MR) is 121 cm³/mol. The van der Waals surface area contributed by atoms with Crippen LogP contribution in [0.15, 0.2) is 35.2 Å². The summed E-state index contributed by atoms with van der Waals surface area (Å²) in [6.07, 6.45) is 2.59. The Morgan fingerprint density at radius 2 is 1.76 bits per heavy atom. The molecule has 0 atom stereocenters. The Balaban J connectivity index is 1.55. The summed E-state index contributed by atoms with van der Waals surface area (Å²) in [6, 6.07) is 5.82. The lowest BCUT2D eigenvalue weighted by atomic mass is 10.2. The van der Waals surface area contributed by atoms with E-state index >= 15 is 0 Å². The van der Waals surface area contributed by atoms with Crippen molar-refractivity contribution in [1.82, 2.24) is 13.9 Å². The van der Waals surface area contributed by atoms with Crippen LogP contribution in [-0.4, -0.2) is 41.3 Å². The summed E-state index contributed by atoms with van der Waals surface area (Å²) in [5.74, 6) is -3.68. The highest BCUT2D eigenvalue weighted by molar-refractivity contribution is 7.89. The lowest BCUT2D eigenvalue weighted by Gasteiger charge is -2.15. The van der Waals surface area contributed by atoms with Gasteiger partial charge in [0, 0.05) is 44.6 Å². The van der Waals surface area contributed by atoms with E-state index in [1.54, 1.807) is 18.2 Å². The highest BCUT2D eigenvalue weighted by Gasteiger charge is 2.28. The van der Waals surface area contributed by atoms with Crippen molar-refractivity contribution in [3.8, 4) is 0 Å². The highest BCUT2D eigenvalue weighted by atomic mass is 32.2. The van der Waals surface area contributed by atoms with Crippen molar-refractivity contribution in [1.29, 1.82) is 0 Å². The molecule has 182 valence electrons. The molecule has 34 heavy (non-hydrogen) atoms. The van der Waals surface area contributed by atoms with Crippen LogP contribution in [-0.2, 0) is 27.8 Å². The van der Waals surface area contributed by atoms with Gasteiger partial charge >= 0.3 is 0 Å². The minimum atomic E-state index is -3.59. The van der Waals surface area contributed by atoms with Gasteiger partial charge in [0.15, 0.2) is 11.6 Å². The molecule has 0 spiro atoms. The minimum absolute atomic E-state index is 0.0790. The van der Waals surface area contributed by atoms with E-state index in [1.165, 1.54) is 4.31 Å². The zero-order valence-corrected chi connectivity index (χ0v) is 19.5. The summed E-state index contributed by atoms with van der Waals surface area (Å²) in [5, 5.41) is 2.25. The summed E-state index contributed by atoms with van der Waals surface area (Å²) < 4.78 is 69.5. The Morgan fingerprint density at radius 1 is 1.06 bits per heavy atom. The van der Waals surface area contributed by atoms with E-state index < -0.39 is 39.1 Å². The third-order valence-electron chi connectivity index (χ3n) is 5.81. The number of amides is 1. The molecule has 1 aliphatic heterocycles. The van der Waals surface area contributed by atoms with E-state index in [9.17, 15) is 26.4 Å². The van der Waals surface area contributed by atoms with E-state index in [4.69, 9.17) is 0 Å². The summed E-state index contributed by atoms with van der Waals surface area (Å²) >= 11 is 0. The molecule has 11 heteroatoms. The van der Waals surface area contributed by atoms with Crippen LogP contribution in [0.25, 0.3) is 11.0 Å². The number of halogens is 3. The van der Waals surface area contributed by atoms with Crippen LogP contribution >= 0.6 is 0 Å². The van der Waals surface area contributed by atoms with Crippen LogP contribution in [0.3, 0.4) is 0 Å². The Kier molecular flexibility index (Phi) is 6.94. The fourth-order valence-corrected chi connectivity index (χ4v) is 5.66. The summed E-state index contributed by atoms with van der Waals surface area (Å²) in [7, 11) is -3.59. The van der Waals surface area contributed by atoms with Crippen LogP contribution < -0.4 is 5.32 Å². The number of carbonyl (C=O) groups excluding carboxylic acids is 1. The van der Waals surface area contributed by atoms with Gasteiger partial charge in [0.05, 0.1) is 21.6 Å². The third kappa shape index (κ3) is 4.80. The summed E-state index contributed by atoms with van der Waals surface area (Å²) in [4.78, 5) is 17.1. The number of benzene rings is 2. The number of nitrogens with one attached hydrogen (secondary N) is 1. The first kappa shape index (κ1) is 24.2. The SMILES string of the molecule is CCCn1c(CCC(=O)Nc2cc(F)c(F)cc2F)nc2cc(S(=O)(=O)N3CCCC3)ccc21. The quantitative estimate of drug-likeness (QED) is 0.476. The molecule has 0 saturated carbocycles. The number of nitrogens with zero attached hydrogens (tertiary/aromatic N) is 3. The molecule has 0 aliphatic carbocycles. The molecular formula is C23H25F3N4O3S. The average Bonchev–Trinajstić information content (AvgIpc) is 3.45. The average molecular weight is 495 g/mol. The number of aryl methyl sites for hydroxylation is 2. The Hall–Kier alpha value is -2.92. The van der Waals surface area contributed by atoms with Crippen LogP contribution in [0.1, 0.15) is 38.4 Å². The van der Waals surface area contributed by atoms with Gasteiger partial charge < -0.3 is 9.88 Å². The predicted octanol–water partition coefficient (Wildman–Crippen LogP) is 4.22. The van der Waals surface area contributed by atoms with Crippen molar-refractivity contribution >= 4 is 32.7 Å². The second kappa shape index (κ2) is 9.75. The van der Waals surface area contributed by atoms with Crippen LogP contribution in [0, 0.1) is 17.5 Å². The van der Waals surface area contributed by atoms with Gasteiger partial charge in [0.1, 0.15) is 11.6 Å². The molecule has 4 rings (SSSR count). The van der Waals surface area contributed by atoms with Gasteiger partial charge in [-0.05, 0) is 37.5 Å². The fraction of sp³-hybridized carbons (Fsp3) is 0.391. The number of sulfonamides is 1. The number of rotatable bonds is 8. The van der Waals surface area contributed by atoms with E-state index in [-0.39, 0.29) is 17.7 Å². The molecule has 7 nitrogen and oxygen atoms in total. The summed E-state index contributed by atoms with van der Waals surface area (Å²) in [5.41, 5.74) is 0.822. The number of carbonyl (C=O) groups is 1. The van der Waals surface area contributed by atoms with Gasteiger partial charge in [0.25, 0.3) is 0 Å². The molecule has 1 aromatic heterocycles. The fourth-order valence-electron chi connectivity index (χ4n) is 4.12. The summed E-state index contributed by atoms with van der Waals surface area (Å²) in [6.45, 7) is 3.61. The number of aromatic nitrogens is 2. The lowest BCUT2D eigenvalue weighted by molar-refractivity contribution is -0.116. The van der Waals surface area contributed by atoms with Crippen molar-refractivity contribution < 1.29 is 26.4 Å². The topological polar surface area (TPSA) is 84.3 Å². The Labute approximate surface area is 195 Å². The number of imidazole rings is 1. The first-order valence-corrected chi connectivity index (χ1v) is 12.6. The molecule has 3 aromatic rings. The Bertz CT molecular complexity index is 1330. The van der Waals surface area contributed by atoms with E-state index in [0.717, 1.165) is 24.8 Å². The standard InChI is InChI=1S/C23H25F3N4O3S/c1-2-9-30-21-6-5-15(34(32,33)29-10-3-4-11-29)12-20(21)27-22(30)7-8-23(31)28-19-14-17(25)16(24)13-18(19)26/h5-6,12-14H,2-4,7-11H2,1H3,(H,28,31). The van der Waals surface area contributed by atoms with Crippen molar-refractivity contribution in [3.63, 3.8) is 0 Å². The lowest BCUT2D eigenvalue weighted by Crippen LogP contribution is -2.27. The van der Waals surface area contributed by atoms with Crippen molar-refractivity contribution in [3.05, 3.63) is 53.6 Å². The highest BCUT2D eigenvalue weighted by Crippen LogP contribution is 2.26. The minimum Gasteiger partial charge on any atom is -0.328 e. The van der Waals surface area contributed by atoms with Gasteiger partial charge in [-0.1, -0.05) is 6.92 Å². The second-order valence-electron chi connectivity index (χ2n) is 8.24. The molecule has 0 bridgehead atoms. The van der Waals surface area contributed by atoms with Gasteiger partial charge in [-0.2, -0.15) is 4.31 Å².